The lowest BCUT2D eigenvalue weighted by Gasteiger charge is -2.07. The summed E-state index contributed by atoms with van der Waals surface area (Å²) in [6, 6.07) is 14.4. The summed E-state index contributed by atoms with van der Waals surface area (Å²) in [6.45, 7) is 0. The number of rotatable bonds is 2. The molecule has 7 heteroatoms. The highest BCUT2D eigenvalue weighted by Gasteiger charge is 2.09. The third-order valence-corrected chi connectivity index (χ3v) is 4.38. The number of nitrogen functional groups attached to an aromatic ring is 2. The fraction of sp³-hybridized carbons (Fsp3) is 0. The van der Waals surface area contributed by atoms with E-state index in [1.54, 1.807) is 6.20 Å². The molecule has 0 aliphatic heterocycles. The van der Waals surface area contributed by atoms with Crippen LogP contribution >= 0.6 is 11.8 Å². The number of anilines is 2. The summed E-state index contributed by atoms with van der Waals surface area (Å²) in [4.78, 5) is 17.9. The Bertz CT molecular complexity index is 1030. The van der Waals surface area contributed by atoms with Crippen molar-refractivity contribution in [2.45, 2.75) is 9.92 Å². The van der Waals surface area contributed by atoms with E-state index < -0.39 is 0 Å². The standard InChI is InChI=1S/C16H12N6S/c17-14-13-15(22-16(18)21-14)19-8-12(20-13)23-11-7-3-5-9-4-1-2-6-10(9)11/h1-8H,(H4,17,18,19,21,22). The second-order valence-electron chi connectivity index (χ2n) is 4.93. The summed E-state index contributed by atoms with van der Waals surface area (Å²) in [5.74, 6) is 0.333. The molecule has 0 radical (unpaired) electrons. The molecule has 2 aromatic heterocycles. The number of aromatic nitrogens is 4. The van der Waals surface area contributed by atoms with E-state index >= 15 is 0 Å². The molecule has 0 bridgehead atoms. The zero-order chi connectivity index (χ0) is 15.8. The molecule has 0 unspecified atom stereocenters. The van der Waals surface area contributed by atoms with Crippen molar-refractivity contribution >= 4 is 45.5 Å². The molecule has 0 spiro atoms. The molecule has 4 aromatic rings. The fourth-order valence-electron chi connectivity index (χ4n) is 2.38. The van der Waals surface area contributed by atoms with Gasteiger partial charge in [0.25, 0.3) is 0 Å². The first-order valence-electron chi connectivity index (χ1n) is 6.92. The zero-order valence-corrected chi connectivity index (χ0v) is 12.8. The topological polar surface area (TPSA) is 104 Å². The molecule has 0 amide bonds. The van der Waals surface area contributed by atoms with Gasteiger partial charge < -0.3 is 11.5 Å². The number of fused-ring (bicyclic) bond motifs is 2. The lowest BCUT2D eigenvalue weighted by molar-refractivity contribution is 1.08. The molecular formula is C16H12N6S. The maximum absolute atomic E-state index is 5.87. The van der Waals surface area contributed by atoms with Crippen LogP contribution in [-0.4, -0.2) is 19.9 Å². The van der Waals surface area contributed by atoms with E-state index in [0.29, 0.717) is 11.2 Å². The van der Waals surface area contributed by atoms with E-state index in [-0.39, 0.29) is 11.8 Å². The summed E-state index contributed by atoms with van der Waals surface area (Å²) in [5, 5.41) is 3.08. The Balaban J connectivity index is 1.80. The zero-order valence-electron chi connectivity index (χ0n) is 12.0. The van der Waals surface area contributed by atoms with Crippen molar-refractivity contribution in [1.29, 1.82) is 0 Å². The van der Waals surface area contributed by atoms with Crippen molar-refractivity contribution in [2.24, 2.45) is 0 Å². The maximum Gasteiger partial charge on any atom is 0.224 e. The minimum absolute atomic E-state index is 0.0961. The van der Waals surface area contributed by atoms with Gasteiger partial charge in [-0.2, -0.15) is 9.97 Å². The SMILES string of the molecule is Nc1nc(N)c2nc(Sc3cccc4ccccc34)cnc2n1. The number of benzene rings is 2. The van der Waals surface area contributed by atoms with Gasteiger partial charge >= 0.3 is 0 Å². The third-order valence-electron chi connectivity index (χ3n) is 3.39. The van der Waals surface area contributed by atoms with Crippen LogP contribution in [0, 0.1) is 0 Å². The Labute approximate surface area is 136 Å². The van der Waals surface area contributed by atoms with Crippen LogP contribution in [0.1, 0.15) is 0 Å². The van der Waals surface area contributed by atoms with E-state index in [2.05, 4.69) is 44.2 Å². The van der Waals surface area contributed by atoms with Crippen LogP contribution in [-0.2, 0) is 0 Å². The Morgan fingerprint density at radius 1 is 0.870 bits per heavy atom. The van der Waals surface area contributed by atoms with E-state index in [1.165, 1.54) is 22.5 Å². The van der Waals surface area contributed by atoms with Gasteiger partial charge in [0, 0.05) is 4.90 Å². The molecule has 0 saturated heterocycles. The maximum atomic E-state index is 5.87. The van der Waals surface area contributed by atoms with Crippen molar-refractivity contribution in [3.8, 4) is 0 Å². The predicted octanol–water partition coefficient (Wildman–Crippen LogP) is 2.89. The molecule has 0 fully saturated rings. The highest BCUT2D eigenvalue weighted by atomic mass is 32.2. The predicted molar refractivity (Wildman–Crippen MR) is 92.0 cm³/mol. The van der Waals surface area contributed by atoms with Gasteiger partial charge in [0.2, 0.25) is 5.95 Å². The number of nitrogens with two attached hydrogens (primary N) is 2. The van der Waals surface area contributed by atoms with E-state index in [0.717, 1.165) is 9.92 Å². The van der Waals surface area contributed by atoms with Crippen molar-refractivity contribution in [2.75, 3.05) is 11.5 Å². The number of hydrogen-bond acceptors (Lipinski definition) is 7. The number of hydrogen-bond donors (Lipinski definition) is 2. The first-order valence-corrected chi connectivity index (χ1v) is 7.74. The van der Waals surface area contributed by atoms with Gasteiger partial charge in [-0.05, 0) is 16.8 Å². The molecule has 0 aliphatic carbocycles. The van der Waals surface area contributed by atoms with Crippen LogP contribution in [0.3, 0.4) is 0 Å². The summed E-state index contributed by atoms with van der Waals surface area (Å²) < 4.78 is 0. The second-order valence-corrected chi connectivity index (χ2v) is 5.99. The van der Waals surface area contributed by atoms with Crippen molar-refractivity contribution < 1.29 is 0 Å². The van der Waals surface area contributed by atoms with Gasteiger partial charge in [-0.1, -0.05) is 48.2 Å². The summed E-state index contributed by atoms with van der Waals surface area (Å²) in [6.07, 6.45) is 1.67. The first-order chi connectivity index (χ1) is 11.2. The van der Waals surface area contributed by atoms with Crippen LogP contribution in [0.4, 0.5) is 11.8 Å². The molecule has 4 rings (SSSR count). The largest absolute Gasteiger partial charge is 0.382 e. The minimum atomic E-state index is 0.0961. The van der Waals surface area contributed by atoms with E-state index in [9.17, 15) is 0 Å². The van der Waals surface area contributed by atoms with Gasteiger partial charge in [-0.15, -0.1) is 0 Å². The lowest BCUT2D eigenvalue weighted by atomic mass is 10.1. The second kappa shape index (κ2) is 5.36. The highest BCUT2D eigenvalue weighted by Crippen LogP contribution is 2.33. The summed E-state index contributed by atoms with van der Waals surface area (Å²) >= 11 is 1.53. The van der Waals surface area contributed by atoms with Crippen LogP contribution in [0.5, 0.6) is 0 Å². The Kier molecular flexibility index (Phi) is 3.20. The molecule has 23 heavy (non-hydrogen) atoms. The van der Waals surface area contributed by atoms with Crippen LogP contribution in [0.25, 0.3) is 21.9 Å². The highest BCUT2D eigenvalue weighted by molar-refractivity contribution is 7.99. The average molecular weight is 320 g/mol. The van der Waals surface area contributed by atoms with Gasteiger partial charge in [0.1, 0.15) is 5.03 Å². The molecule has 0 saturated carbocycles. The van der Waals surface area contributed by atoms with Crippen molar-refractivity contribution in [3.63, 3.8) is 0 Å². The van der Waals surface area contributed by atoms with Crippen molar-refractivity contribution in [1.82, 2.24) is 19.9 Å². The Morgan fingerprint density at radius 3 is 2.61 bits per heavy atom. The van der Waals surface area contributed by atoms with Crippen molar-refractivity contribution in [3.05, 3.63) is 48.7 Å². The summed E-state index contributed by atoms with van der Waals surface area (Å²) in [5.41, 5.74) is 12.3. The Hall–Kier alpha value is -2.93. The first kappa shape index (κ1) is 13.7. The normalized spacial score (nSPS) is 11.1. The molecule has 112 valence electrons. The van der Waals surface area contributed by atoms with Gasteiger partial charge in [0.15, 0.2) is 17.0 Å². The van der Waals surface area contributed by atoms with Gasteiger partial charge in [-0.25, -0.2) is 9.97 Å². The van der Waals surface area contributed by atoms with Crippen LogP contribution in [0.15, 0.2) is 58.6 Å². The Morgan fingerprint density at radius 2 is 1.70 bits per heavy atom. The third kappa shape index (κ3) is 2.51. The number of nitrogens with zero attached hydrogens (tertiary/aromatic N) is 4. The monoisotopic (exact) mass is 320 g/mol. The van der Waals surface area contributed by atoms with Gasteiger partial charge in [0.05, 0.1) is 6.20 Å². The molecule has 2 heterocycles. The van der Waals surface area contributed by atoms with E-state index in [4.69, 9.17) is 11.5 Å². The molecule has 4 N–H and O–H groups in total. The minimum Gasteiger partial charge on any atom is -0.382 e. The summed E-state index contributed by atoms with van der Waals surface area (Å²) in [7, 11) is 0. The average Bonchev–Trinajstić information content (AvgIpc) is 2.56. The lowest BCUT2D eigenvalue weighted by Crippen LogP contribution is -2.03. The molecular weight excluding hydrogens is 308 g/mol. The van der Waals surface area contributed by atoms with E-state index in [1.807, 2.05) is 18.2 Å². The quantitative estimate of drug-likeness (QED) is 0.585. The molecule has 0 atom stereocenters. The fourth-order valence-corrected chi connectivity index (χ4v) is 3.29. The smallest absolute Gasteiger partial charge is 0.224 e. The van der Waals surface area contributed by atoms with Crippen LogP contribution < -0.4 is 11.5 Å². The van der Waals surface area contributed by atoms with Crippen LogP contribution in [0.2, 0.25) is 0 Å². The molecule has 6 nitrogen and oxygen atoms in total. The van der Waals surface area contributed by atoms with Gasteiger partial charge in [-0.3, -0.25) is 0 Å². The molecule has 0 aliphatic rings. The molecule has 2 aromatic carbocycles.